The molecule has 0 spiro atoms. The highest BCUT2D eigenvalue weighted by Crippen LogP contribution is 2.28. The van der Waals surface area contributed by atoms with Crippen LogP contribution in [-0.4, -0.2) is 73.9 Å². The van der Waals surface area contributed by atoms with E-state index in [1.54, 1.807) is 4.90 Å². The minimum atomic E-state index is -0.0383. The molecule has 0 aromatic rings. The predicted octanol–water partition coefficient (Wildman–Crippen LogP) is -1.23. The minimum Gasteiger partial charge on any atom is -0.396 e. The molecule has 2 saturated heterocycles. The van der Waals surface area contributed by atoms with Crippen LogP contribution in [0, 0.1) is 5.41 Å². The number of hydrogen-bond acceptors (Lipinski definition) is 4. The lowest BCUT2D eigenvalue weighted by molar-refractivity contribution is -0.151. The minimum absolute atomic E-state index is 0.0383. The molecular formula is C10H18N2O3. The first-order chi connectivity index (χ1) is 7.28. The molecular weight excluding hydrogens is 196 g/mol. The van der Waals surface area contributed by atoms with Crippen LogP contribution in [0.2, 0.25) is 0 Å². The fourth-order valence-corrected chi connectivity index (χ4v) is 2.12. The van der Waals surface area contributed by atoms with Gasteiger partial charge in [0, 0.05) is 32.7 Å². The fraction of sp³-hybridized carbons (Fsp3) is 0.900. The number of piperazine rings is 1. The van der Waals surface area contributed by atoms with Gasteiger partial charge in [0.05, 0.1) is 25.2 Å². The second kappa shape index (κ2) is 4.47. The predicted molar refractivity (Wildman–Crippen MR) is 54.4 cm³/mol. The Morgan fingerprint density at radius 3 is 2.33 bits per heavy atom. The highest BCUT2D eigenvalue weighted by Gasteiger charge is 2.39. The van der Waals surface area contributed by atoms with E-state index in [0.29, 0.717) is 13.2 Å². The Morgan fingerprint density at radius 1 is 1.27 bits per heavy atom. The SMILES string of the molecule is O=CN1CCN(CC2(CO)COC2)CC1. The van der Waals surface area contributed by atoms with E-state index in [2.05, 4.69) is 4.90 Å². The van der Waals surface area contributed by atoms with Crippen molar-refractivity contribution in [1.29, 1.82) is 0 Å². The van der Waals surface area contributed by atoms with Crippen LogP contribution < -0.4 is 0 Å². The van der Waals surface area contributed by atoms with Crippen molar-refractivity contribution in [2.75, 3.05) is 52.5 Å². The number of carbonyl (C=O) groups is 1. The summed E-state index contributed by atoms with van der Waals surface area (Å²) in [5.74, 6) is 0. The lowest BCUT2D eigenvalue weighted by atomic mass is 9.86. The van der Waals surface area contributed by atoms with Crippen LogP contribution in [0.1, 0.15) is 0 Å². The number of nitrogens with zero attached hydrogens (tertiary/aromatic N) is 2. The Hall–Kier alpha value is -0.650. The molecule has 0 atom stereocenters. The first-order valence-electron chi connectivity index (χ1n) is 5.38. The average molecular weight is 214 g/mol. The smallest absolute Gasteiger partial charge is 0.209 e. The quantitative estimate of drug-likeness (QED) is 0.595. The fourth-order valence-electron chi connectivity index (χ4n) is 2.12. The Balaban J connectivity index is 1.78. The first kappa shape index (κ1) is 10.9. The van der Waals surface area contributed by atoms with Gasteiger partial charge < -0.3 is 14.7 Å². The number of ether oxygens (including phenoxy) is 1. The van der Waals surface area contributed by atoms with Crippen LogP contribution >= 0.6 is 0 Å². The van der Waals surface area contributed by atoms with Gasteiger partial charge in [0.1, 0.15) is 0 Å². The molecule has 1 amide bonds. The first-order valence-corrected chi connectivity index (χ1v) is 5.38. The molecule has 15 heavy (non-hydrogen) atoms. The number of aliphatic hydroxyl groups is 1. The highest BCUT2D eigenvalue weighted by atomic mass is 16.5. The summed E-state index contributed by atoms with van der Waals surface area (Å²) in [7, 11) is 0. The van der Waals surface area contributed by atoms with E-state index in [1.165, 1.54) is 0 Å². The second-order valence-corrected chi connectivity index (χ2v) is 4.57. The number of carbonyl (C=O) groups excluding carboxylic acids is 1. The van der Waals surface area contributed by atoms with Gasteiger partial charge in [0.2, 0.25) is 6.41 Å². The maximum Gasteiger partial charge on any atom is 0.209 e. The van der Waals surface area contributed by atoms with Crippen molar-refractivity contribution in [3.63, 3.8) is 0 Å². The molecule has 5 nitrogen and oxygen atoms in total. The average Bonchev–Trinajstić information content (AvgIpc) is 2.24. The van der Waals surface area contributed by atoms with E-state index in [-0.39, 0.29) is 12.0 Å². The summed E-state index contributed by atoms with van der Waals surface area (Å²) in [6.07, 6.45) is 0.908. The molecule has 2 fully saturated rings. The summed E-state index contributed by atoms with van der Waals surface area (Å²) >= 11 is 0. The largest absolute Gasteiger partial charge is 0.396 e. The third-order valence-corrected chi connectivity index (χ3v) is 3.27. The molecule has 1 N–H and O–H groups in total. The normalized spacial score (nSPS) is 26.1. The van der Waals surface area contributed by atoms with Crippen LogP contribution in [0.15, 0.2) is 0 Å². The van der Waals surface area contributed by atoms with Crippen LogP contribution in [0.5, 0.6) is 0 Å². The molecule has 2 aliphatic heterocycles. The lowest BCUT2D eigenvalue weighted by Crippen LogP contribution is -2.56. The molecule has 0 aromatic carbocycles. The maximum absolute atomic E-state index is 10.5. The number of hydrogen-bond donors (Lipinski definition) is 1. The zero-order valence-corrected chi connectivity index (χ0v) is 8.89. The van der Waals surface area contributed by atoms with Gasteiger partial charge >= 0.3 is 0 Å². The zero-order chi connectivity index (χ0) is 10.7. The topological polar surface area (TPSA) is 53.0 Å². The Labute approximate surface area is 89.6 Å². The van der Waals surface area contributed by atoms with Gasteiger partial charge in [0.25, 0.3) is 0 Å². The molecule has 86 valence electrons. The summed E-state index contributed by atoms with van der Waals surface area (Å²) in [5.41, 5.74) is -0.0383. The van der Waals surface area contributed by atoms with E-state index in [4.69, 9.17) is 4.74 Å². The molecule has 0 unspecified atom stereocenters. The van der Waals surface area contributed by atoms with Gasteiger partial charge in [-0.15, -0.1) is 0 Å². The van der Waals surface area contributed by atoms with Crippen molar-refractivity contribution in [1.82, 2.24) is 9.80 Å². The molecule has 2 heterocycles. The standard InChI is InChI=1S/C10H18N2O3/c13-6-10(7-15-8-10)5-11-1-3-12(9-14)4-2-11/h9,13H,1-8H2. The van der Waals surface area contributed by atoms with Crippen LogP contribution in [-0.2, 0) is 9.53 Å². The van der Waals surface area contributed by atoms with E-state index in [9.17, 15) is 9.90 Å². The summed E-state index contributed by atoms with van der Waals surface area (Å²) in [6.45, 7) is 5.81. The number of amides is 1. The van der Waals surface area contributed by atoms with E-state index >= 15 is 0 Å². The third kappa shape index (κ3) is 2.30. The van der Waals surface area contributed by atoms with Crippen LogP contribution in [0.25, 0.3) is 0 Å². The van der Waals surface area contributed by atoms with Crippen molar-refractivity contribution in [3.8, 4) is 0 Å². The van der Waals surface area contributed by atoms with Gasteiger partial charge in [0.15, 0.2) is 0 Å². The number of rotatable bonds is 4. The highest BCUT2D eigenvalue weighted by molar-refractivity contribution is 5.47. The monoisotopic (exact) mass is 214 g/mol. The van der Waals surface area contributed by atoms with Crippen molar-refractivity contribution < 1.29 is 14.6 Å². The van der Waals surface area contributed by atoms with Gasteiger partial charge in [-0.2, -0.15) is 0 Å². The maximum atomic E-state index is 10.5. The van der Waals surface area contributed by atoms with E-state index < -0.39 is 0 Å². The van der Waals surface area contributed by atoms with Gasteiger partial charge in [-0.1, -0.05) is 0 Å². The molecule has 2 aliphatic rings. The Bertz CT molecular complexity index is 217. The van der Waals surface area contributed by atoms with Gasteiger partial charge in [-0.05, 0) is 0 Å². The second-order valence-electron chi connectivity index (χ2n) is 4.57. The Kier molecular flexibility index (Phi) is 3.23. The van der Waals surface area contributed by atoms with Gasteiger partial charge in [-0.3, -0.25) is 9.69 Å². The number of aliphatic hydroxyl groups excluding tert-OH is 1. The van der Waals surface area contributed by atoms with Crippen LogP contribution in [0.4, 0.5) is 0 Å². The molecule has 0 saturated carbocycles. The molecule has 0 aromatic heterocycles. The molecule has 5 heteroatoms. The van der Waals surface area contributed by atoms with Crippen LogP contribution in [0.3, 0.4) is 0 Å². The molecule has 0 aliphatic carbocycles. The van der Waals surface area contributed by atoms with Crippen molar-refractivity contribution in [2.24, 2.45) is 5.41 Å². The van der Waals surface area contributed by atoms with Gasteiger partial charge in [-0.25, -0.2) is 0 Å². The summed E-state index contributed by atoms with van der Waals surface area (Å²) < 4.78 is 5.16. The molecule has 0 radical (unpaired) electrons. The van der Waals surface area contributed by atoms with Crippen molar-refractivity contribution in [2.45, 2.75) is 0 Å². The van der Waals surface area contributed by atoms with Crippen molar-refractivity contribution >= 4 is 6.41 Å². The summed E-state index contributed by atoms with van der Waals surface area (Å²) in [6, 6.07) is 0. The zero-order valence-electron chi connectivity index (χ0n) is 8.89. The lowest BCUT2D eigenvalue weighted by Gasteiger charge is -2.45. The van der Waals surface area contributed by atoms with E-state index in [1.807, 2.05) is 0 Å². The summed E-state index contributed by atoms with van der Waals surface area (Å²) in [4.78, 5) is 14.6. The van der Waals surface area contributed by atoms with Crippen molar-refractivity contribution in [3.05, 3.63) is 0 Å². The molecule has 2 rings (SSSR count). The Morgan fingerprint density at radius 2 is 1.93 bits per heavy atom. The molecule has 0 bridgehead atoms. The summed E-state index contributed by atoms with van der Waals surface area (Å²) in [5, 5.41) is 9.29. The van der Waals surface area contributed by atoms with E-state index in [0.717, 1.165) is 39.1 Å². The third-order valence-electron chi connectivity index (χ3n) is 3.27.